The second-order valence-corrected chi connectivity index (χ2v) is 8.77. The van der Waals surface area contributed by atoms with Crippen molar-refractivity contribution in [2.75, 3.05) is 0 Å². The van der Waals surface area contributed by atoms with Crippen molar-refractivity contribution in [3.8, 4) is 0 Å². The molecule has 2 unspecified atom stereocenters. The van der Waals surface area contributed by atoms with Gasteiger partial charge in [0.1, 0.15) is 0 Å². The fourth-order valence-corrected chi connectivity index (χ4v) is 4.91. The van der Waals surface area contributed by atoms with Gasteiger partial charge in [-0.3, -0.25) is 4.79 Å². The lowest BCUT2D eigenvalue weighted by molar-refractivity contribution is 0.0979. The summed E-state index contributed by atoms with van der Waals surface area (Å²) in [4.78, 5) is 12.4. The van der Waals surface area contributed by atoms with E-state index in [1.807, 2.05) is 24.3 Å². The summed E-state index contributed by atoms with van der Waals surface area (Å²) in [6, 6.07) is 7.97. The molecule has 1 aliphatic carbocycles. The number of hydrogen-bond donors (Lipinski definition) is 1. The van der Waals surface area contributed by atoms with Crippen molar-refractivity contribution in [2.45, 2.75) is 102 Å². The Balaban J connectivity index is 1.97. The van der Waals surface area contributed by atoms with E-state index in [1.165, 1.54) is 38.5 Å². The van der Waals surface area contributed by atoms with Crippen LogP contribution in [-0.2, 0) is 0 Å². The van der Waals surface area contributed by atoms with Gasteiger partial charge in [-0.1, -0.05) is 83.1 Å². The predicted octanol–water partition coefficient (Wildman–Crippen LogP) is 6.88. The molecule has 152 valence electrons. The van der Waals surface area contributed by atoms with E-state index in [0.29, 0.717) is 18.8 Å². The molecular formula is C24H37ClO2. The summed E-state index contributed by atoms with van der Waals surface area (Å²) >= 11 is 6.58. The number of hydrogen-bond acceptors (Lipinski definition) is 2. The highest BCUT2D eigenvalue weighted by atomic mass is 35.5. The molecule has 1 aromatic rings. The topological polar surface area (TPSA) is 37.3 Å². The molecule has 1 fully saturated rings. The Bertz CT molecular complexity index is 554. The van der Waals surface area contributed by atoms with Gasteiger partial charge in [0.05, 0.1) is 6.10 Å². The number of aliphatic hydroxyl groups is 1. The second-order valence-electron chi connectivity index (χ2n) is 8.21. The predicted molar refractivity (Wildman–Crippen MR) is 115 cm³/mol. The normalized spacial score (nSPS) is 25.0. The lowest BCUT2D eigenvalue weighted by Crippen LogP contribution is -2.19. The molecule has 1 N–H and O–H groups in total. The number of rotatable bonds is 12. The quantitative estimate of drug-likeness (QED) is 0.239. The monoisotopic (exact) mass is 392 g/mol. The van der Waals surface area contributed by atoms with Crippen LogP contribution in [0.4, 0.5) is 0 Å². The fraction of sp³-hybridized carbons (Fsp3) is 0.708. The highest BCUT2D eigenvalue weighted by molar-refractivity contribution is 6.21. The molecule has 0 amide bonds. The zero-order valence-electron chi connectivity index (χ0n) is 17.1. The summed E-state index contributed by atoms with van der Waals surface area (Å²) in [6.45, 7) is 4.40. The van der Waals surface area contributed by atoms with E-state index >= 15 is 0 Å². The maximum Gasteiger partial charge on any atom is 0.162 e. The first-order valence-corrected chi connectivity index (χ1v) is 11.5. The van der Waals surface area contributed by atoms with Gasteiger partial charge in [0.25, 0.3) is 0 Å². The Hall–Kier alpha value is -0.860. The minimum absolute atomic E-state index is 0.0477. The van der Waals surface area contributed by atoms with Crippen LogP contribution in [0.2, 0.25) is 0 Å². The van der Waals surface area contributed by atoms with Crippen LogP contribution in [-0.4, -0.2) is 22.4 Å². The van der Waals surface area contributed by atoms with Crippen LogP contribution in [0.5, 0.6) is 0 Å². The van der Waals surface area contributed by atoms with Crippen molar-refractivity contribution < 1.29 is 9.90 Å². The van der Waals surface area contributed by atoms with Crippen LogP contribution in [0.3, 0.4) is 0 Å². The zero-order chi connectivity index (χ0) is 19.6. The van der Waals surface area contributed by atoms with E-state index in [9.17, 15) is 9.90 Å². The van der Waals surface area contributed by atoms with E-state index in [-0.39, 0.29) is 23.2 Å². The van der Waals surface area contributed by atoms with Gasteiger partial charge in [0, 0.05) is 23.3 Å². The number of carbonyl (C=O) groups excluding carboxylic acids is 1. The molecule has 0 aliphatic heterocycles. The lowest BCUT2D eigenvalue weighted by Gasteiger charge is -2.24. The standard InChI is InChI=1S/C24H37ClO2/c1-3-5-7-9-11-20-21(25)17-23(27)24(20)19-15-13-18(14-16-19)22(26)12-10-8-6-4-2/h13-16,20-21,23-24,27H,3-12,17H2,1-2H3/t20?,21-,23-,24?/m1/s1. The Morgan fingerprint density at radius 3 is 2.26 bits per heavy atom. The van der Waals surface area contributed by atoms with Gasteiger partial charge in [-0.15, -0.1) is 11.6 Å². The minimum atomic E-state index is -0.376. The van der Waals surface area contributed by atoms with Crippen LogP contribution in [0.25, 0.3) is 0 Å². The third-order valence-electron chi connectivity index (χ3n) is 6.07. The number of ketones is 1. The molecule has 0 radical (unpaired) electrons. The van der Waals surface area contributed by atoms with Gasteiger partial charge in [0.2, 0.25) is 0 Å². The SMILES string of the molecule is CCCCCCC(=O)c1ccc(C2C(CCCCCC)[C@H](Cl)C[C@H]2O)cc1. The number of alkyl halides is 1. The minimum Gasteiger partial charge on any atom is -0.392 e. The van der Waals surface area contributed by atoms with Crippen molar-refractivity contribution in [1.29, 1.82) is 0 Å². The number of benzene rings is 1. The van der Waals surface area contributed by atoms with Crippen LogP contribution >= 0.6 is 11.6 Å². The van der Waals surface area contributed by atoms with E-state index in [4.69, 9.17) is 11.6 Å². The van der Waals surface area contributed by atoms with Gasteiger partial charge in [-0.25, -0.2) is 0 Å². The summed E-state index contributed by atoms with van der Waals surface area (Å²) < 4.78 is 0. The number of unbranched alkanes of at least 4 members (excludes halogenated alkanes) is 6. The van der Waals surface area contributed by atoms with E-state index in [2.05, 4.69) is 13.8 Å². The van der Waals surface area contributed by atoms with E-state index in [1.54, 1.807) is 0 Å². The molecule has 0 spiro atoms. The smallest absolute Gasteiger partial charge is 0.162 e. The van der Waals surface area contributed by atoms with Crippen LogP contribution < -0.4 is 0 Å². The van der Waals surface area contributed by atoms with Gasteiger partial charge < -0.3 is 5.11 Å². The summed E-state index contributed by atoms with van der Waals surface area (Å²) in [5.41, 5.74) is 1.93. The molecule has 1 saturated carbocycles. The van der Waals surface area contributed by atoms with Crippen molar-refractivity contribution in [3.63, 3.8) is 0 Å². The van der Waals surface area contributed by atoms with Crippen molar-refractivity contribution in [3.05, 3.63) is 35.4 Å². The van der Waals surface area contributed by atoms with E-state index < -0.39 is 0 Å². The van der Waals surface area contributed by atoms with Crippen molar-refractivity contribution in [2.24, 2.45) is 5.92 Å². The molecule has 4 atom stereocenters. The Morgan fingerprint density at radius 1 is 1.00 bits per heavy atom. The first kappa shape index (κ1) is 22.4. The van der Waals surface area contributed by atoms with Crippen molar-refractivity contribution in [1.82, 2.24) is 0 Å². The molecule has 0 bridgehead atoms. The van der Waals surface area contributed by atoms with Gasteiger partial charge >= 0.3 is 0 Å². The molecule has 1 aliphatic rings. The van der Waals surface area contributed by atoms with Crippen LogP contribution in [0.1, 0.15) is 106 Å². The first-order valence-electron chi connectivity index (χ1n) is 11.0. The molecule has 1 aromatic carbocycles. The number of Topliss-reactive ketones (excluding diaryl/α,β-unsaturated/α-hetero) is 1. The highest BCUT2D eigenvalue weighted by Gasteiger charge is 2.41. The molecule has 0 heterocycles. The summed E-state index contributed by atoms with van der Waals surface area (Å²) in [7, 11) is 0. The molecule has 2 rings (SSSR count). The second kappa shape index (κ2) is 11.9. The molecule has 3 heteroatoms. The van der Waals surface area contributed by atoms with E-state index in [0.717, 1.165) is 30.4 Å². The molecular weight excluding hydrogens is 356 g/mol. The summed E-state index contributed by atoms with van der Waals surface area (Å²) in [5.74, 6) is 0.660. The third-order valence-corrected chi connectivity index (χ3v) is 6.57. The average molecular weight is 393 g/mol. The number of carbonyl (C=O) groups is 1. The maximum atomic E-state index is 12.4. The number of aliphatic hydroxyl groups excluding tert-OH is 1. The summed E-state index contributed by atoms with van der Waals surface area (Å²) in [5, 5.41) is 10.6. The Labute approximate surface area is 170 Å². The third kappa shape index (κ3) is 6.61. The van der Waals surface area contributed by atoms with Gasteiger partial charge in [-0.05, 0) is 30.7 Å². The largest absolute Gasteiger partial charge is 0.392 e. The Morgan fingerprint density at radius 2 is 1.63 bits per heavy atom. The first-order chi connectivity index (χ1) is 13.1. The van der Waals surface area contributed by atoms with Crippen LogP contribution in [0.15, 0.2) is 24.3 Å². The zero-order valence-corrected chi connectivity index (χ0v) is 17.9. The average Bonchev–Trinajstić information content (AvgIpc) is 2.95. The molecule has 27 heavy (non-hydrogen) atoms. The van der Waals surface area contributed by atoms with Gasteiger partial charge in [-0.2, -0.15) is 0 Å². The fourth-order valence-electron chi connectivity index (χ4n) is 4.45. The van der Waals surface area contributed by atoms with Gasteiger partial charge in [0.15, 0.2) is 5.78 Å². The lowest BCUT2D eigenvalue weighted by atomic mass is 9.84. The van der Waals surface area contributed by atoms with Crippen LogP contribution in [0, 0.1) is 5.92 Å². The molecule has 2 nitrogen and oxygen atoms in total. The maximum absolute atomic E-state index is 12.4. The highest BCUT2D eigenvalue weighted by Crippen LogP contribution is 2.45. The molecule has 0 aromatic heterocycles. The number of halogens is 1. The summed E-state index contributed by atoms with van der Waals surface area (Å²) in [6.07, 6.45) is 11.4. The Kier molecular flexibility index (Phi) is 9.86. The van der Waals surface area contributed by atoms with Crippen molar-refractivity contribution >= 4 is 17.4 Å². The molecule has 0 saturated heterocycles.